The molecule has 1 saturated carbocycles. The second kappa shape index (κ2) is 18.6. The predicted octanol–water partition coefficient (Wildman–Crippen LogP) is 3.97. The molecule has 3 saturated heterocycles. The molecule has 296 valence electrons. The Kier molecular flexibility index (Phi) is 14.2. The van der Waals surface area contributed by atoms with E-state index in [1.54, 1.807) is 42.7 Å². The maximum absolute atomic E-state index is 14.4. The van der Waals surface area contributed by atoms with Crippen molar-refractivity contribution in [2.45, 2.75) is 116 Å². The highest BCUT2D eigenvalue weighted by Crippen LogP contribution is 2.40. The van der Waals surface area contributed by atoms with Crippen LogP contribution in [-0.2, 0) is 35.1 Å². The average molecular weight is 768 g/mol. The minimum Gasteiger partial charge on any atom is -0.469 e. The zero-order chi connectivity index (χ0) is 39.1. The minimum absolute atomic E-state index is 0.0234. The summed E-state index contributed by atoms with van der Waals surface area (Å²) in [5.41, 5.74) is 0.135. The number of carbonyl (C=O) groups excluding carboxylic acids is 5. The van der Waals surface area contributed by atoms with Crippen LogP contribution in [0.4, 0.5) is 0 Å². The van der Waals surface area contributed by atoms with Gasteiger partial charge in [-0.15, -0.1) is 11.3 Å². The van der Waals surface area contributed by atoms with Crippen LogP contribution in [-0.4, -0.2) is 106 Å². The number of methoxy groups -OCH3 is 1. The van der Waals surface area contributed by atoms with E-state index in [1.807, 2.05) is 13.8 Å². The first-order valence-electron chi connectivity index (χ1n) is 19.3. The Balaban J connectivity index is 1.30. The number of hydrogen-bond acceptors (Lipinski definition) is 12. The van der Waals surface area contributed by atoms with Gasteiger partial charge in [-0.3, -0.25) is 28.9 Å². The molecule has 4 fully saturated rings. The molecule has 5 heterocycles. The summed E-state index contributed by atoms with van der Waals surface area (Å²) in [7, 11) is 3.08. The van der Waals surface area contributed by atoms with Crippen LogP contribution >= 0.6 is 11.3 Å². The zero-order valence-corrected chi connectivity index (χ0v) is 33.5. The van der Waals surface area contributed by atoms with Gasteiger partial charge in [-0.05, 0) is 81.4 Å². The molecule has 14 nitrogen and oxygen atoms in total. The number of likely N-dealkylation sites (N-methyl/N-ethyl adjacent to an activating group) is 1. The summed E-state index contributed by atoms with van der Waals surface area (Å²) < 4.78 is 10.7. The number of aromatic nitrogens is 3. The SMILES string of the molecule is COC(=O)[C@@H](C)C[C@H](Cc1ncccn1)NC(=O)c1csc([C@@H](C[C@H](C(C)C)N(C)C(=O)[C@@H](NC(=O)[C@H]2CC3CCN2CC3)[C@@H](C)C2CC2)OC(C)=O)n1. The van der Waals surface area contributed by atoms with Gasteiger partial charge < -0.3 is 25.0 Å². The molecule has 0 spiro atoms. The standard InChI is InChI=1S/C39H57N7O7S/c1-22(2)30(45(6)38(50)34(24(4)27-9-10-27)44-36(49)31-18-26-11-15-46(31)16-12-26)20-32(53-25(5)47)37-43-29(21-54-37)35(48)42-28(17-23(3)39(51)52-7)19-33-40-13-8-14-41-33/h8,13-14,21-24,26-28,30-32,34H,9-12,15-20H2,1-7H3,(H,42,48)(H,44,49)/t23-,24-,28+,30+,31+,32+,34-/m0/s1. The van der Waals surface area contributed by atoms with Crippen LogP contribution in [0.5, 0.6) is 0 Å². The summed E-state index contributed by atoms with van der Waals surface area (Å²) in [6.07, 6.45) is 8.39. The molecule has 6 rings (SSSR count). The van der Waals surface area contributed by atoms with Crippen molar-refractivity contribution in [2.24, 2.45) is 29.6 Å². The highest BCUT2D eigenvalue weighted by Gasteiger charge is 2.44. The molecular formula is C39H57N7O7S. The van der Waals surface area contributed by atoms with Crippen molar-refractivity contribution in [1.29, 1.82) is 0 Å². The van der Waals surface area contributed by atoms with E-state index in [0.717, 1.165) is 45.2 Å². The molecule has 2 aromatic heterocycles. The van der Waals surface area contributed by atoms with Gasteiger partial charge in [0, 0.05) is 56.7 Å². The molecule has 15 heteroatoms. The van der Waals surface area contributed by atoms with E-state index in [1.165, 1.54) is 25.4 Å². The number of piperidine rings is 3. The molecule has 7 atom stereocenters. The molecule has 4 aliphatic rings. The van der Waals surface area contributed by atoms with Crippen LogP contribution in [0.2, 0.25) is 0 Å². The van der Waals surface area contributed by atoms with Gasteiger partial charge >= 0.3 is 11.9 Å². The summed E-state index contributed by atoms with van der Waals surface area (Å²) >= 11 is 1.20. The number of nitrogens with zero attached hydrogens (tertiary/aromatic N) is 5. The van der Waals surface area contributed by atoms with E-state index in [-0.39, 0.29) is 54.3 Å². The van der Waals surface area contributed by atoms with Crippen molar-refractivity contribution in [2.75, 3.05) is 27.2 Å². The lowest BCUT2D eigenvalue weighted by Gasteiger charge is -2.45. The van der Waals surface area contributed by atoms with Crippen LogP contribution in [0.25, 0.3) is 0 Å². The van der Waals surface area contributed by atoms with Gasteiger partial charge in [0.05, 0.1) is 19.1 Å². The third-order valence-corrected chi connectivity index (χ3v) is 12.4. The van der Waals surface area contributed by atoms with E-state index < -0.39 is 42.0 Å². The highest BCUT2D eigenvalue weighted by atomic mass is 32.1. The van der Waals surface area contributed by atoms with Gasteiger partial charge in [-0.25, -0.2) is 15.0 Å². The Hall–Kier alpha value is -3.98. The molecular weight excluding hydrogens is 711 g/mol. The van der Waals surface area contributed by atoms with Gasteiger partial charge in [0.15, 0.2) is 6.10 Å². The highest BCUT2D eigenvalue weighted by molar-refractivity contribution is 7.09. The van der Waals surface area contributed by atoms with Crippen molar-refractivity contribution in [3.05, 3.63) is 40.4 Å². The van der Waals surface area contributed by atoms with Gasteiger partial charge in [0.1, 0.15) is 22.6 Å². The van der Waals surface area contributed by atoms with Crippen molar-refractivity contribution >= 4 is 41.0 Å². The molecule has 0 aromatic carbocycles. The number of fused-ring (bicyclic) bond motifs is 3. The number of esters is 2. The van der Waals surface area contributed by atoms with E-state index >= 15 is 0 Å². The van der Waals surface area contributed by atoms with Gasteiger partial charge in [-0.2, -0.15) is 0 Å². The molecule has 2 N–H and O–H groups in total. The number of nitrogens with one attached hydrogen (secondary N) is 2. The Morgan fingerprint density at radius 3 is 2.26 bits per heavy atom. The first-order valence-corrected chi connectivity index (χ1v) is 20.2. The topological polar surface area (TPSA) is 173 Å². The quantitative estimate of drug-likeness (QED) is 0.210. The lowest BCUT2D eigenvalue weighted by molar-refractivity contribution is -0.149. The van der Waals surface area contributed by atoms with E-state index in [9.17, 15) is 24.0 Å². The third-order valence-electron chi connectivity index (χ3n) is 11.4. The fourth-order valence-electron chi connectivity index (χ4n) is 8.05. The molecule has 3 aliphatic heterocycles. The largest absolute Gasteiger partial charge is 0.469 e. The Morgan fingerprint density at radius 2 is 1.69 bits per heavy atom. The molecule has 0 radical (unpaired) electrons. The lowest BCUT2D eigenvalue weighted by Crippen LogP contribution is -2.60. The van der Waals surface area contributed by atoms with E-state index in [2.05, 4.69) is 37.4 Å². The summed E-state index contributed by atoms with van der Waals surface area (Å²) in [4.78, 5) is 83.5. The molecule has 2 bridgehead atoms. The second-order valence-corrected chi connectivity index (χ2v) is 16.7. The number of thiazole rings is 1. The summed E-state index contributed by atoms with van der Waals surface area (Å²) in [5.74, 6) is -0.684. The molecule has 3 amide bonds. The Bertz CT molecular complexity index is 1610. The molecule has 1 aliphatic carbocycles. The third kappa shape index (κ3) is 10.6. The van der Waals surface area contributed by atoms with E-state index in [4.69, 9.17) is 9.47 Å². The van der Waals surface area contributed by atoms with Crippen LogP contribution < -0.4 is 10.6 Å². The maximum Gasteiger partial charge on any atom is 0.308 e. The van der Waals surface area contributed by atoms with Crippen molar-refractivity contribution < 1.29 is 33.4 Å². The first-order chi connectivity index (χ1) is 25.7. The van der Waals surface area contributed by atoms with Crippen LogP contribution in [0.1, 0.15) is 107 Å². The van der Waals surface area contributed by atoms with Crippen LogP contribution in [0, 0.1) is 29.6 Å². The van der Waals surface area contributed by atoms with Crippen molar-refractivity contribution in [3.8, 4) is 0 Å². The van der Waals surface area contributed by atoms with Gasteiger partial charge in [-0.1, -0.05) is 27.7 Å². The fraction of sp³-hybridized carbons (Fsp3) is 0.692. The van der Waals surface area contributed by atoms with Gasteiger partial charge in [0.2, 0.25) is 11.8 Å². The average Bonchev–Trinajstić information content (AvgIpc) is 3.90. The second-order valence-electron chi connectivity index (χ2n) is 15.8. The maximum atomic E-state index is 14.4. The smallest absolute Gasteiger partial charge is 0.308 e. The first kappa shape index (κ1) is 41.2. The Morgan fingerprint density at radius 1 is 1.00 bits per heavy atom. The predicted molar refractivity (Wildman–Crippen MR) is 202 cm³/mol. The monoisotopic (exact) mass is 767 g/mol. The number of carbonyl (C=O) groups is 5. The van der Waals surface area contributed by atoms with Crippen molar-refractivity contribution in [1.82, 2.24) is 35.4 Å². The summed E-state index contributed by atoms with van der Waals surface area (Å²) in [6.45, 7) is 11.0. The number of ether oxygens (including phenoxy) is 2. The van der Waals surface area contributed by atoms with Crippen LogP contribution in [0.15, 0.2) is 23.8 Å². The lowest BCUT2D eigenvalue weighted by atomic mass is 9.82. The van der Waals surface area contributed by atoms with E-state index in [0.29, 0.717) is 29.1 Å². The summed E-state index contributed by atoms with van der Waals surface area (Å²) in [5, 5.41) is 8.22. The van der Waals surface area contributed by atoms with Crippen LogP contribution in [0.3, 0.4) is 0 Å². The Labute approximate surface area is 322 Å². The minimum atomic E-state index is -0.830. The number of amides is 3. The van der Waals surface area contributed by atoms with Gasteiger partial charge in [0.25, 0.3) is 5.91 Å². The summed E-state index contributed by atoms with van der Waals surface area (Å²) in [6, 6.07) is -0.0417. The molecule has 54 heavy (non-hydrogen) atoms. The molecule has 0 unspecified atom stereocenters. The fourth-order valence-corrected chi connectivity index (χ4v) is 8.89. The number of hydrogen-bond donors (Lipinski definition) is 2. The zero-order valence-electron chi connectivity index (χ0n) is 32.7. The van der Waals surface area contributed by atoms with Crippen molar-refractivity contribution in [3.63, 3.8) is 0 Å². The normalized spacial score (nSPS) is 22.6. The molecule has 2 aromatic rings. The number of rotatable bonds is 18.